The summed E-state index contributed by atoms with van der Waals surface area (Å²) in [6.07, 6.45) is 7.53. The van der Waals surface area contributed by atoms with E-state index in [1.807, 2.05) is 0 Å². The van der Waals surface area contributed by atoms with Crippen molar-refractivity contribution in [2.45, 2.75) is 58.8 Å². The highest BCUT2D eigenvalue weighted by atomic mass is 32.2. The van der Waals surface area contributed by atoms with Crippen molar-refractivity contribution < 1.29 is 13.2 Å². The maximum absolute atomic E-state index is 11.4. The van der Waals surface area contributed by atoms with Crippen LogP contribution in [0, 0.1) is 11.3 Å². The van der Waals surface area contributed by atoms with E-state index in [0.717, 1.165) is 45.1 Å². The minimum absolute atomic E-state index is 0.0716. The molecule has 1 aliphatic carbocycles. The van der Waals surface area contributed by atoms with Gasteiger partial charge in [0.2, 0.25) is 10.0 Å². The minimum atomic E-state index is -3.42. The summed E-state index contributed by atoms with van der Waals surface area (Å²) in [5.41, 5.74) is -0.238. The molecule has 0 aromatic rings. The number of rotatable bonds is 8. The van der Waals surface area contributed by atoms with Crippen molar-refractivity contribution in [1.29, 1.82) is 0 Å². The number of ether oxygens (including phenoxy) is 1. The summed E-state index contributed by atoms with van der Waals surface area (Å²) in [4.78, 5) is 0. The fourth-order valence-corrected chi connectivity index (χ4v) is 4.34. The topological polar surface area (TPSA) is 69.4 Å². The molecule has 0 aromatic carbocycles. The van der Waals surface area contributed by atoms with Crippen molar-refractivity contribution in [2.24, 2.45) is 16.5 Å². The molecule has 4 nitrogen and oxygen atoms in total. The molecular weight excluding hydrogens is 262 g/mol. The van der Waals surface area contributed by atoms with Crippen LogP contribution in [0.4, 0.5) is 0 Å². The summed E-state index contributed by atoms with van der Waals surface area (Å²) in [6.45, 7) is 5.61. The van der Waals surface area contributed by atoms with Gasteiger partial charge < -0.3 is 4.74 Å². The third kappa shape index (κ3) is 6.72. The van der Waals surface area contributed by atoms with Crippen LogP contribution < -0.4 is 5.14 Å². The molecule has 5 heteroatoms. The second-order valence-electron chi connectivity index (χ2n) is 6.28. The number of primary sulfonamides is 1. The van der Waals surface area contributed by atoms with E-state index in [-0.39, 0.29) is 11.2 Å². The van der Waals surface area contributed by atoms with Gasteiger partial charge in [0.05, 0.1) is 12.4 Å². The quantitative estimate of drug-likeness (QED) is 0.747. The molecule has 0 heterocycles. The maximum Gasteiger partial charge on any atom is 0.209 e. The Balaban J connectivity index is 2.50. The fraction of sp³-hybridized carbons (Fsp3) is 1.00. The van der Waals surface area contributed by atoms with E-state index in [4.69, 9.17) is 9.88 Å². The first kappa shape index (κ1) is 16.9. The highest BCUT2D eigenvalue weighted by Crippen LogP contribution is 2.37. The van der Waals surface area contributed by atoms with Crippen LogP contribution in [0.15, 0.2) is 0 Å². The smallest absolute Gasteiger partial charge is 0.209 e. The second kappa shape index (κ2) is 7.60. The summed E-state index contributed by atoms with van der Waals surface area (Å²) >= 11 is 0. The van der Waals surface area contributed by atoms with E-state index in [1.165, 1.54) is 6.42 Å². The lowest BCUT2D eigenvalue weighted by Crippen LogP contribution is -2.39. The van der Waals surface area contributed by atoms with Crippen molar-refractivity contribution in [3.8, 4) is 0 Å². The van der Waals surface area contributed by atoms with Gasteiger partial charge in [-0.15, -0.1) is 0 Å². The maximum atomic E-state index is 11.4. The number of nitrogens with two attached hydrogens (primary N) is 1. The van der Waals surface area contributed by atoms with Crippen LogP contribution in [0.5, 0.6) is 0 Å². The van der Waals surface area contributed by atoms with Crippen LogP contribution >= 0.6 is 0 Å². The Labute approximate surface area is 118 Å². The first-order chi connectivity index (χ1) is 8.87. The molecule has 1 unspecified atom stereocenters. The monoisotopic (exact) mass is 291 g/mol. The Hall–Kier alpha value is -0.130. The van der Waals surface area contributed by atoms with Gasteiger partial charge in [-0.2, -0.15) is 0 Å². The molecule has 0 bridgehead atoms. The van der Waals surface area contributed by atoms with E-state index < -0.39 is 10.0 Å². The lowest BCUT2D eigenvalue weighted by atomic mass is 9.76. The van der Waals surface area contributed by atoms with Crippen molar-refractivity contribution >= 4 is 10.0 Å². The van der Waals surface area contributed by atoms with Crippen molar-refractivity contribution in [3.05, 3.63) is 0 Å². The van der Waals surface area contributed by atoms with Gasteiger partial charge in [0.15, 0.2) is 0 Å². The Kier molecular flexibility index (Phi) is 6.77. The molecule has 0 aliphatic heterocycles. The molecule has 114 valence electrons. The van der Waals surface area contributed by atoms with Crippen molar-refractivity contribution in [1.82, 2.24) is 0 Å². The second-order valence-corrected chi connectivity index (χ2v) is 7.89. The highest BCUT2D eigenvalue weighted by Gasteiger charge is 2.36. The molecule has 1 saturated carbocycles. The molecule has 2 N–H and O–H groups in total. The SMILES string of the molecule is CCCC(C)COCC1(CS(N)(=O)=O)CCCCC1. The lowest BCUT2D eigenvalue weighted by Gasteiger charge is -2.36. The molecule has 0 saturated heterocycles. The first-order valence-electron chi connectivity index (χ1n) is 7.45. The Morgan fingerprint density at radius 1 is 1.26 bits per heavy atom. The van der Waals surface area contributed by atoms with Gasteiger partial charge >= 0.3 is 0 Å². The van der Waals surface area contributed by atoms with Gasteiger partial charge in [-0.3, -0.25) is 0 Å². The van der Waals surface area contributed by atoms with E-state index in [0.29, 0.717) is 12.5 Å². The zero-order valence-electron chi connectivity index (χ0n) is 12.4. The zero-order chi connectivity index (χ0) is 14.4. The number of hydrogen-bond donors (Lipinski definition) is 1. The zero-order valence-corrected chi connectivity index (χ0v) is 13.2. The van der Waals surface area contributed by atoms with Gasteiger partial charge in [-0.25, -0.2) is 13.6 Å². The average molecular weight is 291 g/mol. The van der Waals surface area contributed by atoms with Crippen molar-refractivity contribution in [2.75, 3.05) is 19.0 Å². The summed E-state index contributed by atoms with van der Waals surface area (Å²) in [6, 6.07) is 0. The van der Waals surface area contributed by atoms with Crippen LogP contribution in [-0.2, 0) is 14.8 Å². The Morgan fingerprint density at radius 3 is 2.42 bits per heavy atom. The molecule has 1 aliphatic rings. The minimum Gasteiger partial charge on any atom is -0.381 e. The number of sulfonamides is 1. The van der Waals surface area contributed by atoms with Crippen LogP contribution in [0.3, 0.4) is 0 Å². The van der Waals surface area contributed by atoms with Crippen LogP contribution in [0.2, 0.25) is 0 Å². The highest BCUT2D eigenvalue weighted by molar-refractivity contribution is 7.89. The largest absolute Gasteiger partial charge is 0.381 e. The molecule has 0 radical (unpaired) electrons. The van der Waals surface area contributed by atoms with E-state index >= 15 is 0 Å². The fourth-order valence-electron chi connectivity index (χ4n) is 3.11. The van der Waals surface area contributed by atoms with Gasteiger partial charge in [0.25, 0.3) is 0 Å². The predicted octanol–water partition coefficient (Wildman–Crippen LogP) is 2.68. The molecule has 1 rings (SSSR count). The molecule has 19 heavy (non-hydrogen) atoms. The third-order valence-electron chi connectivity index (χ3n) is 4.01. The van der Waals surface area contributed by atoms with Crippen molar-refractivity contribution in [3.63, 3.8) is 0 Å². The Morgan fingerprint density at radius 2 is 1.89 bits per heavy atom. The summed E-state index contributed by atoms with van der Waals surface area (Å²) in [5.74, 6) is 0.613. The van der Waals surface area contributed by atoms with E-state index in [2.05, 4.69) is 13.8 Å². The Bertz CT molecular complexity index is 348. The number of hydrogen-bond acceptors (Lipinski definition) is 3. The van der Waals surface area contributed by atoms with Crippen LogP contribution in [0.1, 0.15) is 58.8 Å². The molecule has 1 fully saturated rings. The van der Waals surface area contributed by atoms with Gasteiger partial charge in [-0.05, 0) is 25.2 Å². The van der Waals surface area contributed by atoms with E-state index in [9.17, 15) is 8.42 Å². The average Bonchev–Trinajstić information content (AvgIpc) is 2.28. The van der Waals surface area contributed by atoms with Gasteiger partial charge in [-0.1, -0.05) is 39.5 Å². The molecule has 0 spiro atoms. The third-order valence-corrected chi connectivity index (χ3v) is 5.03. The van der Waals surface area contributed by atoms with Crippen LogP contribution in [-0.4, -0.2) is 27.4 Å². The summed E-state index contributed by atoms with van der Waals surface area (Å²) in [7, 11) is -3.42. The molecular formula is C14H29NO3S. The van der Waals surface area contributed by atoms with Gasteiger partial charge in [0, 0.05) is 12.0 Å². The lowest BCUT2D eigenvalue weighted by molar-refractivity contribution is 0.0175. The van der Waals surface area contributed by atoms with E-state index in [1.54, 1.807) is 0 Å². The first-order valence-corrected chi connectivity index (χ1v) is 9.17. The molecule has 1 atom stereocenters. The molecule has 0 aromatic heterocycles. The van der Waals surface area contributed by atoms with Gasteiger partial charge in [0.1, 0.15) is 0 Å². The summed E-state index contributed by atoms with van der Waals surface area (Å²) in [5, 5.41) is 5.25. The molecule has 0 amide bonds. The standard InChI is InChI=1S/C14H29NO3S/c1-3-7-13(2)10-18-11-14(12-19(15,16)17)8-5-4-6-9-14/h13H,3-12H2,1-2H3,(H2,15,16,17). The normalized spacial score (nSPS) is 21.2. The summed E-state index contributed by atoms with van der Waals surface area (Å²) < 4.78 is 28.7. The van der Waals surface area contributed by atoms with Crippen LogP contribution in [0.25, 0.3) is 0 Å². The predicted molar refractivity (Wildman–Crippen MR) is 78.4 cm³/mol.